The Morgan fingerprint density at radius 2 is 1.66 bits per heavy atom. The molecular weight excluding hydrogens is 412 g/mol. The van der Waals surface area contributed by atoms with E-state index in [0.29, 0.717) is 17.0 Å². The second kappa shape index (κ2) is 7.18. The van der Waals surface area contributed by atoms with E-state index in [1.807, 2.05) is 24.3 Å². The summed E-state index contributed by atoms with van der Waals surface area (Å²) in [6.07, 6.45) is 0.364. The Hall–Kier alpha value is -2.87. The number of halogens is 1. The number of nitrogens with one attached hydrogen (secondary N) is 2. The van der Waals surface area contributed by atoms with E-state index in [0.717, 1.165) is 11.3 Å². The highest BCUT2D eigenvalue weighted by Gasteiger charge is 2.42. The molecule has 3 aromatic rings. The maximum atomic E-state index is 13.1. The van der Waals surface area contributed by atoms with Crippen molar-refractivity contribution >= 4 is 33.3 Å². The Bertz CT molecular complexity index is 1150. The van der Waals surface area contributed by atoms with Gasteiger partial charge in [0.2, 0.25) is 10.0 Å². The van der Waals surface area contributed by atoms with Crippen molar-refractivity contribution in [3.63, 3.8) is 0 Å². The fourth-order valence-electron chi connectivity index (χ4n) is 3.45. The second-order valence-electron chi connectivity index (χ2n) is 6.81. The first-order chi connectivity index (χ1) is 13.8. The molecule has 6 nitrogen and oxygen atoms in total. The van der Waals surface area contributed by atoms with Crippen molar-refractivity contribution in [3.8, 4) is 0 Å². The average Bonchev–Trinajstić information content (AvgIpc) is 3.07. The van der Waals surface area contributed by atoms with E-state index in [1.165, 1.54) is 36.4 Å². The van der Waals surface area contributed by atoms with Crippen LogP contribution in [0.4, 0.5) is 5.69 Å². The van der Waals surface area contributed by atoms with Gasteiger partial charge in [-0.15, -0.1) is 0 Å². The van der Waals surface area contributed by atoms with Gasteiger partial charge >= 0.3 is 5.97 Å². The number of benzene rings is 3. The molecule has 1 heterocycles. The largest absolute Gasteiger partial charge is 0.478 e. The molecule has 8 heteroatoms. The van der Waals surface area contributed by atoms with Crippen LogP contribution in [-0.4, -0.2) is 19.5 Å². The molecule has 0 aliphatic carbocycles. The van der Waals surface area contributed by atoms with Gasteiger partial charge in [-0.3, -0.25) is 0 Å². The molecule has 0 radical (unpaired) electrons. The molecule has 0 saturated carbocycles. The van der Waals surface area contributed by atoms with Crippen LogP contribution >= 0.6 is 11.6 Å². The van der Waals surface area contributed by atoms with Gasteiger partial charge in [0.15, 0.2) is 0 Å². The third-order valence-electron chi connectivity index (χ3n) is 4.88. The lowest BCUT2D eigenvalue weighted by atomic mass is 9.95. The summed E-state index contributed by atoms with van der Waals surface area (Å²) < 4.78 is 29.0. The maximum Gasteiger partial charge on any atom is 0.335 e. The van der Waals surface area contributed by atoms with Gasteiger partial charge in [0.05, 0.1) is 10.5 Å². The Kier molecular flexibility index (Phi) is 4.82. The molecule has 1 unspecified atom stereocenters. The van der Waals surface area contributed by atoms with E-state index in [2.05, 4.69) is 10.0 Å². The lowest BCUT2D eigenvalue weighted by molar-refractivity contribution is 0.0696. The van der Waals surface area contributed by atoms with E-state index in [9.17, 15) is 13.2 Å². The van der Waals surface area contributed by atoms with Gasteiger partial charge < -0.3 is 10.4 Å². The molecule has 1 aliphatic rings. The summed E-state index contributed by atoms with van der Waals surface area (Å²) in [7, 11) is -3.90. The molecule has 0 saturated heterocycles. The van der Waals surface area contributed by atoms with Gasteiger partial charge in [0.25, 0.3) is 0 Å². The van der Waals surface area contributed by atoms with Crippen LogP contribution in [0.1, 0.15) is 21.5 Å². The van der Waals surface area contributed by atoms with Crippen LogP contribution in [-0.2, 0) is 22.1 Å². The summed E-state index contributed by atoms with van der Waals surface area (Å²) in [4.78, 5) is 11.3. The van der Waals surface area contributed by atoms with Crippen molar-refractivity contribution < 1.29 is 18.3 Å². The molecule has 1 atom stereocenters. The standard InChI is InChI=1S/C21H17ClN2O4S/c22-17-9-11-18(12-10-17)29(27,28)24-21(13-15-3-1-2-4-19(15)23-21)16-7-5-14(6-8-16)20(25)26/h1-12,23-24H,13H2,(H,25,26). The Morgan fingerprint density at radius 1 is 1.00 bits per heavy atom. The zero-order chi connectivity index (χ0) is 20.6. The van der Waals surface area contributed by atoms with Crippen molar-refractivity contribution in [1.82, 2.24) is 4.72 Å². The van der Waals surface area contributed by atoms with Crippen molar-refractivity contribution in [3.05, 3.63) is 94.5 Å². The number of hydrogen-bond donors (Lipinski definition) is 3. The molecule has 3 N–H and O–H groups in total. The molecule has 29 heavy (non-hydrogen) atoms. The molecular formula is C21H17ClN2O4S. The number of sulfonamides is 1. The number of carbonyl (C=O) groups is 1. The number of hydrogen-bond acceptors (Lipinski definition) is 4. The van der Waals surface area contributed by atoms with Crippen LogP contribution in [0.3, 0.4) is 0 Å². The van der Waals surface area contributed by atoms with Gasteiger partial charge in [0.1, 0.15) is 5.66 Å². The fraction of sp³-hybridized carbons (Fsp3) is 0.0952. The molecule has 148 valence electrons. The minimum Gasteiger partial charge on any atom is -0.478 e. The Morgan fingerprint density at radius 3 is 2.28 bits per heavy atom. The minimum absolute atomic E-state index is 0.0844. The average molecular weight is 429 g/mol. The van der Waals surface area contributed by atoms with E-state index < -0.39 is 21.7 Å². The highest BCUT2D eigenvalue weighted by Crippen LogP contribution is 2.38. The monoisotopic (exact) mass is 428 g/mol. The van der Waals surface area contributed by atoms with Gasteiger partial charge in [-0.2, -0.15) is 4.72 Å². The van der Waals surface area contributed by atoms with Crippen LogP contribution in [0, 0.1) is 0 Å². The number of para-hydroxylation sites is 1. The van der Waals surface area contributed by atoms with E-state index >= 15 is 0 Å². The molecule has 0 spiro atoms. The minimum atomic E-state index is -3.90. The van der Waals surface area contributed by atoms with E-state index in [-0.39, 0.29) is 10.5 Å². The van der Waals surface area contributed by atoms with E-state index in [4.69, 9.17) is 16.7 Å². The third-order valence-corrected chi connectivity index (χ3v) is 6.64. The third kappa shape index (κ3) is 3.72. The lowest BCUT2D eigenvalue weighted by Crippen LogP contribution is -2.50. The summed E-state index contributed by atoms with van der Waals surface area (Å²) in [6.45, 7) is 0. The summed E-state index contributed by atoms with van der Waals surface area (Å²) in [5.41, 5.74) is 1.34. The summed E-state index contributed by atoms with van der Waals surface area (Å²) in [5.74, 6) is -1.05. The number of anilines is 1. The highest BCUT2D eigenvalue weighted by atomic mass is 35.5. The zero-order valence-corrected chi connectivity index (χ0v) is 16.7. The second-order valence-corrected chi connectivity index (χ2v) is 8.93. The van der Waals surface area contributed by atoms with Gasteiger partial charge in [-0.25, -0.2) is 13.2 Å². The molecule has 0 aromatic heterocycles. The number of fused-ring (bicyclic) bond motifs is 1. The topological polar surface area (TPSA) is 95.5 Å². The SMILES string of the molecule is O=C(O)c1ccc(C2(NS(=O)(=O)c3ccc(Cl)cc3)Cc3ccccc3N2)cc1. The normalized spacial score (nSPS) is 18.1. The van der Waals surface area contributed by atoms with Gasteiger partial charge in [-0.05, 0) is 53.6 Å². The summed E-state index contributed by atoms with van der Waals surface area (Å²) >= 11 is 5.88. The predicted molar refractivity (Wildman–Crippen MR) is 111 cm³/mol. The zero-order valence-electron chi connectivity index (χ0n) is 15.1. The molecule has 3 aromatic carbocycles. The first-order valence-corrected chi connectivity index (χ1v) is 10.6. The van der Waals surface area contributed by atoms with Crippen LogP contribution in [0.25, 0.3) is 0 Å². The maximum absolute atomic E-state index is 13.1. The first kappa shape index (κ1) is 19.4. The fourth-order valence-corrected chi connectivity index (χ4v) is 4.89. The van der Waals surface area contributed by atoms with Crippen molar-refractivity contribution in [2.45, 2.75) is 17.0 Å². The Labute approximate surface area is 173 Å². The number of carboxylic acids is 1. The summed E-state index contributed by atoms with van der Waals surface area (Å²) in [6, 6.07) is 19.6. The molecule has 1 aliphatic heterocycles. The quantitative estimate of drug-likeness (QED) is 0.574. The number of aromatic carboxylic acids is 1. The van der Waals surface area contributed by atoms with Crippen molar-refractivity contribution in [2.75, 3.05) is 5.32 Å². The first-order valence-electron chi connectivity index (χ1n) is 8.79. The highest BCUT2D eigenvalue weighted by molar-refractivity contribution is 7.89. The molecule has 0 amide bonds. The molecule has 0 fully saturated rings. The van der Waals surface area contributed by atoms with Crippen LogP contribution in [0.2, 0.25) is 5.02 Å². The van der Waals surface area contributed by atoms with Crippen LogP contribution < -0.4 is 10.0 Å². The lowest BCUT2D eigenvalue weighted by Gasteiger charge is -2.32. The predicted octanol–water partition coefficient (Wildman–Crippen LogP) is 3.84. The summed E-state index contributed by atoms with van der Waals surface area (Å²) in [5, 5.41) is 12.9. The van der Waals surface area contributed by atoms with Gasteiger partial charge in [-0.1, -0.05) is 41.9 Å². The van der Waals surface area contributed by atoms with Crippen LogP contribution in [0.15, 0.2) is 77.7 Å². The number of rotatable bonds is 5. The van der Waals surface area contributed by atoms with E-state index in [1.54, 1.807) is 12.1 Å². The molecule has 4 rings (SSSR count). The van der Waals surface area contributed by atoms with Crippen molar-refractivity contribution in [2.24, 2.45) is 0 Å². The number of carboxylic acid groups (broad SMARTS) is 1. The van der Waals surface area contributed by atoms with Crippen molar-refractivity contribution in [1.29, 1.82) is 0 Å². The van der Waals surface area contributed by atoms with Gasteiger partial charge in [0, 0.05) is 17.1 Å². The smallest absolute Gasteiger partial charge is 0.335 e. The molecule has 0 bridgehead atoms. The van der Waals surface area contributed by atoms with Crippen LogP contribution in [0.5, 0.6) is 0 Å². The Balaban J connectivity index is 1.77.